The summed E-state index contributed by atoms with van der Waals surface area (Å²) in [5, 5.41) is 3.23. The Balaban J connectivity index is 4.14. The zero-order valence-corrected chi connectivity index (χ0v) is 10.6. The highest BCUT2D eigenvalue weighted by molar-refractivity contribution is 8.09. The molecule has 0 aliphatic heterocycles. The van der Waals surface area contributed by atoms with E-state index in [2.05, 4.69) is 18.9 Å². The fraction of sp³-hybridized carbons (Fsp3) is 1.00. The Labute approximate surface area is 86.4 Å². The Morgan fingerprint density at radius 3 is 2.00 bits per heavy atom. The predicted molar refractivity (Wildman–Crippen MR) is 60.4 cm³/mol. The molecule has 1 N–H and O–H groups in total. The number of hydrogen-bond donors (Lipinski definition) is 1. The van der Waals surface area contributed by atoms with Gasteiger partial charge in [-0.2, -0.15) is 0 Å². The summed E-state index contributed by atoms with van der Waals surface area (Å²) in [4.78, 5) is 0. The fourth-order valence-corrected chi connectivity index (χ4v) is 3.61. The quantitative estimate of drug-likeness (QED) is 0.675. The van der Waals surface area contributed by atoms with Gasteiger partial charge in [0.2, 0.25) is 0 Å². The highest BCUT2D eigenvalue weighted by Gasteiger charge is 2.19. The number of nitrogens with one attached hydrogen (secondary N) is 1. The van der Waals surface area contributed by atoms with Crippen molar-refractivity contribution >= 4 is 18.4 Å². The Kier molecular flexibility index (Phi) is 7.19. The lowest BCUT2D eigenvalue weighted by Crippen LogP contribution is -2.24. The largest absolute Gasteiger partial charge is 0.318 e. The maximum atomic E-state index is 5.43. The van der Waals surface area contributed by atoms with Crippen molar-refractivity contribution in [1.82, 2.24) is 5.09 Å². The second kappa shape index (κ2) is 6.91. The minimum atomic E-state index is -2.21. The molecule has 0 rings (SSSR count). The molecule has 0 aromatic rings. The van der Waals surface area contributed by atoms with Crippen molar-refractivity contribution in [2.45, 2.75) is 40.2 Å². The Morgan fingerprint density at radius 1 is 1.23 bits per heavy atom. The molecule has 80 valence electrons. The SMILES string of the molecule is CCOP(=S)(NC(C)CC)OCC. The summed E-state index contributed by atoms with van der Waals surface area (Å²) in [7, 11) is 0. The molecular weight excluding hydrogens is 205 g/mol. The van der Waals surface area contributed by atoms with Crippen LogP contribution >= 0.6 is 6.64 Å². The summed E-state index contributed by atoms with van der Waals surface area (Å²) in [6.07, 6.45) is 1.03. The summed E-state index contributed by atoms with van der Waals surface area (Å²) in [5.74, 6) is 0. The second-order valence-corrected chi connectivity index (χ2v) is 5.98. The van der Waals surface area contributed by atoms with Crippen molar-refractivity contribution in [3.63, 3.8) is 0 Å². The summed E-state index contributed by atoms with van der Waals surface area (Å²) >= 11 is 5.30. The summed E-state index contributed by atoms with van der Waals surface area (Å²) in [6, 6.07) is 0.351. The molecular formula is C8H20NO2PS. The lowest BCUT2D eigenvalue weighted by atomic mass is 10.3. The molecule has 0 saturated carbocycles. The number of hydrogen-bond acceptors (Lipinski definition) is 3. The average molecular weight is 225 g/mol. The standard InChI is InChI=1S/C8H20NO2PS/c1-5-8(4)9-12(13,10-6-2)11-7-3/h8H,5-7H2,1-4H3,(H,9,13). The minimum absolute atomic E-state index is 0.351. The maximum Gasteiger partial charge on any atom is 0.261 e. The van der Waals surface area contributed by atoms with Gasteiger partial charge < -0.3 is 9.05 Å². The van der Waals surface area contributed by atoms with Gasteiger partial charge in [-0.3, -0.25) is 0 Å². The molecule has 5 heteroatoms. The lowest BCUT2D eigenvalue weighted by Gasteiger charge is -2.24. The van der Waals surface area contributed by atoms with E-state index >= 15 is 0 Å². The van der Waals surface area contributed by atoms with E-state index in [4.69, 9.17) is 20.9 Å². The smallest absolute Gasteiger partial charge is 0.261 e. The zero-order valence-electron chi connectivity index (χ0n) is 8.87. The molecule has 0 fully saturated rings. The molecule has 13 heavy (non-hydrogen) atoms. The molecule has 0 bridgehead atoms. The highest BCUT2D eigenvalue weighted by atomic mass is 32.5. The van der Waals surface area contributed by atoms with Gasteiger partial charge in [0.1, 0.15) is 0 Å². The van der Waals surface area contributed by atoms with Crippen LogP contribution in [0.5, 0.6) is 0 Å². The molecule has 0 aromatic heterocycles. The third-order valence-corrected chi connectivity index (χ3v) is 4.49. The van der Waals surface area contributed by atoms with Gasteiger partial charge in [0.25, 0.3) is 6.64 Å². The lowest BCUT2D eigenvalue weighted by molar-refractivity contribution is 0.254. The molecule has 0 aliphatic rings. The second-order valence-electron chi connectivity index (χ2n) is 2.77. The molecule has 1 unspecified atom stereocenters. The first-order chi connectivity index (χ1) is 6.08. The van der Waals surface area contributed by atoms with E-state index < -0.39 is 6.64 Å². The molecule has 0 amide bonds. The van der Waals surface area contributed by atoms with Gasteiger partial charge in [-0.15, -0.1) is 0 Å². The van der Waals surface area contributed by atoms with E-state index in [1.807, 2.05) is 13.8 Å². The molecule has 0 radical (unpaired) electrons. The predicted octanol–water partition coefficient (Wildman–Crippen LogP) is 2.67. The topological polar surface area (TPSA) is 30.5 Å². The first-order valence-electron chi connectivity index (χ1n) is 4.74. The molecule has 0 spiro atoms. The third-order valence-electron chi connectivity index (χ3n) is 1.59. The Hall–Kier alpha value is 0.530. The van der Waals surface area contributed by atoms with Gasteiger partial charge in [-0.25, -0.2) is 5.09 Å². The molecule has 0 heterocycles. The zero-order chi connectivity index (χ0) is 10.3. The average Bonchev–Trinajstić information content (AvgIpc) is 2.04. The molecule has 3 nitrogen and oxygen atoms in total. The molecule has 0 aromatic carbocycles. The van der Waals surface area contributed by atoms with E-state index in [0.29, 0.717) is 19.3 Å². The van der Waals surface area contributed by atoms with Crippen LogP contribution in [0.3, 0.4) is 0 Å². The van der Waals surface area contributed by atoms with Gasteiger partial charge in [0.15, 0.2) is 0 Å². The van der Waals surface area contributed by atoms with Crippen LogP contribution < -0.4 is 5.09 Å². The molecule has 0 saturated heterocycles. The first kappa shape index (κ1) is 13.5. The highest BCUT2D eigenvalue weighted by Crippen LogP contribution is 2.44. The van der Waals surface area contributed by atoms with Crippen molar-refractivity contribution in [1.29, 1.82) is 0 Å². The van der Waals surface area contributed by atoms with E-state index in [-0.39, 0.29) is 0 Å². The van der Waals surface area contributed by atoms with Crippen molar-refractivity contribution in [3.8, 4) is 0 Å². The minimum Gasteiger partial charge on any atom is -0.318 e. The van der Waals surface area contributed by atoms with Gasteiger partial charge in [-0.1, -0.05) is 6.92 Å². The monoisotopic (exact) mass is 225 g/mol. The number of rotatable bonds is 7. The van der Waals surface area contributed by atoms with Crippen LogP contribution in [0, 0.1) is 0 Å². The fourth-order valence-electron chi connectivity index (χ4n) is 0.813. The van der Waals surface area contributed by atoms with Crippen LogP contribution in [0.2, 0.25) is 0 Å². The van der Waals surface area contributed by atoms with Gasteiger partial charge in [0.05, 0.1) is 13.2 Å². The van der Waals surface area contributed by atoms with Crippen LogP contribution in [0.15, 0.2) is 0 Å². The Morgan fingerprint density at radius 2 is 1.69 bits per heavy atom. The van der Waals surface area contributed by atoms with Crippen LogP contribution in [-0.4, -0.2) is 19.3 Å². The third kappa shape index (κ3) is 5.76. The van der Waals surface area contributed by atoms with E-state index in [0.717, 1.165) is 6.42 Å². The summed E-state index contributed by atoms with van der Waals surface area (Å²) in [6.45, 7) is 7.03. The van der Waals surface area contributed by atoms with Crippen molar-refractivity contribution < 1.29 is 9.05 Å². The van der Waals surface area contributed by atoms with Gasteiger partial charge in [0, 0.05) is 6.04 Å². The summed E-state index contributed by atoms with van der Waals surface area (Å²) in [5.41, 5.74) is 0. The van der Waals surface area contributed by atoms with Crippen LogP contribution in [-0.2, 0) is 20.9 Å². The van der Waals surface area contributed by atoms with Crippen LogP contribution in [0.25, 0.3) is 0 Å². The van der Waals surface area contributed by atoms with Crippen molar-refractivity contribution in [2.75, 3.05) is 13.2 Å². The van der Waals surface area contributed by atoms with E-state index in [9.17, 15) is 0 Å². The first-order valence-corrected chi connectivity index (χ1v) is 7.38. The van der Waals surface area contributed by atoms with Crippen LogP contribution in [0.4, 0.5) is 0 Å². The summed E-state index contributed by atoms with van der Waals surface area (Å²) < 4.78 is 10.9. The maximum absolute atomic E-state index is 5.43. The normalized spacial score (nSPS) is 14.5. The van der Waals surface area contributed by atoms with Crippen molar-refractivity contribution in [3.05, 3.63) is 0 Å². The Bertz CT molecular complexity index is 168. The van der Waals surface area contributed by atoms with Gasteiger partial charge in [-0.05, 0) is 39.0 Å². The van der Waals surface area contributed by atoms with Crippen LogP contribution in [0.1, 0.15) is 34.1 Å². The van der Waals surface area contributed by atoms with Gasteiger partial charge >= 0.3 is 0 Å². The van der Waals surface area contributed by atoms with Crippen molar-refractivity contribution in [2.24, 2.45) is 0 Å². The molecule has 0 aliphatic carbocycles. The van der Waals surface area contributed by atoms with E-state index in [1.54, 1.807) is 0 Å². The van der Waals surface area contributed by atoms with E-state index in [1.165, 1.54) is 0 Å². The molecule has 1 atom stereocenters.